The van der Waals surface area contributed by atoms with Crippen molar-refractivity contribution in [2.45, 2.75) is 19.3 Å². The van der Waals surface area contributed by atoms with Crippen LogP contribution in [-0.4, -0.2) is 11.9 Å². The summed E-state index contributed by atoms with van der Waals surface area (Å²) in [7, 11) is 0. The van der Waals surface area contributed by atoms with Crippen molar-refractivity contribution in [2.75, 3.05) is 5.32 Å². The lowest BCUT2D eigenvalue weighted by Crippen LogP contribution is -2.34. The molecule has 0 saturated heterocycles. The van der Waals surface area contributed by atoms with Crippen LogP contribution in [0.1, 0.15) is 18.4 Å². The lowest BCUT2D eigenvalue weighted by molar-refractivity contribution is -0.120. The maximum atomic E-state index is 12.0. The van der Waals surface area contributed by atoms with Gasteiger partial charge in [-0.05, 0) is 42.7 Å². The van der Waals surface area contributed by atoms with Gasteiger partial charge in [0.25, 0.3) is 0 Å². The van der Waals surface area contributed by atoms with Gasteiger partial charge in [0.1, 0.15) is 11.5 Å². The van der Waals surface area contributed by atoms with E-state index < -0.39 is 6.03 Å². The lowest BCUT2D eigenvalue weighted by Gasteiger charge is -2.09. The van der Waals surface area contributed by atoms with Crippen molar-refractivity contribution in [2.24, 2.45) is 0 Å². The monoisotopic (exact) mass is 374 g/mol. The van der Waals surface area contributed by atoms with E-state index in [1.54, 1.807) is 24.3 Å². The summed E-state index contributed by atoms with van der Waals surface area (Å²) in [5.74, 6) is 1.00. The second-order valence-electron chi connectivity index (χ2n) is 6.28. The first-order valence-electron chi connectivity index (χ1n) is 9.17. The van der Waals surface area contributed by atoms with Gasteiger partial charge >= 0.3 is 6.03 Å². The number of hydrogen-bond donors (Lipinski definition) is 2. The molecule has 3 amide bonds. The Morgan fingerprint density at radius 3 is 2.21 bits per heavy atom. The molecule has 0 atom stereocenters. The Hall–Kier alpha value is -3.60. The smallest absolute Gasteiger partial charge is 0.325 e. The third kappa shape index (κ3) is 6.29. The third-order valence-corrected chi connectivity index (χ3v) is 4.04. The third-order valence-electron chi connectivity index (χ3n) is 4.04. The van der Waals surface area contributed by atoms with Crippen LogP contribution >= 0.6 is 0 Å². The lowest BCUT2D eigenvalue weighted by atomic mass is 10.1. The predicted octanol–water partition coefficient (Wildman–Crippen LogP) is 5.15. The van der Waals surface area contributed by atoms with Gasteiger partial charge < -0.3 is 10.1 Å². The average Bonchev–Trinajstić information content (AvgIpc) is 2.70. The Balaban J connectivity index is 1.45. The van der Waals surface area contributed by atoms with Crippen molar-refractivity contribution < 1.29 is 14.3 Å². The molecule has 0 heterocycles. The van der Waals surface area contributed by atoms with E-state index in [-0.39, 0.29) is 5.91 Å². The molecule has 5 nitrogen and oxygen atoms in total. The minimum absolute atomic E-state index is 0.291. The van der Waals surface area contributed by atoms with Crippen LogP contribution in [0.15, 0.2) is 84.9 Å². The fourth-order valence-corrected chi connectivity index (χ4v) is 2.71. The molecule has 3 aromatic carbocycles. The minimum atomic E-state index is -0.554. The zero-order valence-electron chi connectivity index (χ0n) is 15.4. The number of nitrogens with one attached hydrogen (secondary N) is 2. The Bertz CT molecular complexity index is 911. The molecular formula is C23H22N2O3. The van der Waals surface area contributed by atoms with Gasteiger partial charge in [0.15, 0.2) is 0 Å². The number of amides is 3. The van der Waals surface area contributed by atoms with Gasteiger partial charge in [0.2, 0.25) is 5.91 Å². The number of para-hydroxylation sites is 1. The maximum absolute atomic E-state index is 12.0. The summed E-state index contributed by atoms with van der Waals surface area (Å²) in [6.07, 6.45) is 1.78. The van der Waals surface area contributed by atoms with Gasteiger partial charge in [-0.2, -0.15) is 0 Å². The summed E-state index contributed by atoms with van der Waals surface area (Å²) < 4.78 is 5.74. The molecule has 5 heteroatoms. The number of aryl methyl sites for hydroxylation is 1. The van der Waals surface area contributed by atoms with Crippen molar-refractivity contribution in [3.63, 3.8) is 0 Å². The van der Waals surface area contributed by atoms with E-state index in [9.17, 15) is 9.59 Å². The maximum Gasteiger partial charge on any atom is 0.325 e. The van der Waals surface area contributed by atoms with Gasteiger partial charge in [-0.25, -0.2) is 4.79 Å². The second kappa shape index (κ2) is 9.92. The fourth-order valence-electron chi connectivity index (χ4n) is 2.71. The van der Waals surface area contributed by atoms with E-state index >= 15 is 0 Å². The van der Waals surface area contributed by atoms with Gasteiger partial charge in [-0.15, -0.1) is 0 Å². The molecule has 0 radical (unpaired) electrons. The van der Waals surface area contributed by atoms with Gasteiger partial charge in [0.05, 0.1) is 0 Å². The highest BCUT2D eigenvalue weighted by molar-refractivity contribution is 6.01. The van der Waals surface area contributed by atoms with E-state index in [2.05, 4.69) is 10.6 Å². The molecule has 3 rings (SSSR count). The van der Waals surface area contributed by atoms with Crippen molar-refractivity contribution in [1.29, 1.82) is 0 Å². The Morgan fingerprint density at radius 2 is 1.46 bits per heavy atom. The number of rotatable bonds is 7. The van der Waals surface area contributed by atoms with Crippen LogP contribution in [0.3, 0.4) is 0 Å². The number of carbonyl (C=O) groups is 2. The highest BCUT2D eigenvalue weighted by Gasteiger charge is 2.08. The van der Waals surface area contributed by atoms with Crippen LogP contribution in [0, 0.1) is 0 Å². The Kier molecular flexibility index (Phi) is 6.79. The Morgan fingerprint density at radius 1 is 0.786 bits per heavy atom. The highest BCUT2D eigenvalue weighted by Crippen LogP contribution is 2.23. The zero-order chi connectivity index (χ0) is 19.6. The number of ether oxygens (including phenoxy) is 1. The summed E-state index contributed by atoms with van der Waals surface area (Å²) in [5.41, 5.74) is 1.72. The summed E-state index contributed by atoms with van der Waals surface area (Å²) in [5, 5.41) is 5.01. The molecule has 0 bridgehead atoms. The quantitative estimate of drug-likeness (QED) is 0.601. The van der Waals surface area contributed by atoms with E-state index in [1.165, 1.54) is 5.56 Å². The summed E-state index contributed by atoms with van der Waals surface area (Å²) >= 11 is 0. The van der Waals surface area contributed by atoms with Crippen molar-refractivity contribution in [1.82, 2.24) is 5.32 Å². The van der Waals surface area contributed by atoms with Crippen LogP contribution in [0.5, 0.6) is 11.5 Å². The number of urea groups is 1. The molecule has 0 aromatic heterocycles. The first-order chi connectivity index (χ1) is 13.7. The number of imide groups is 1. The van der Waals surface area contributed by atoms with Gasteiger partial charge in [-0.1, -0.05) is 54.6 Å². The molecule has 0 spiro atoms. The van der Waals surface area contributed by atoms with Crippen LogP contribution < -0.4 is 15.4 Å². The second-order valence-corrected chi connectivity index (χ2v) is 6.28. The first kappa shape index (κ1) is 19.2. The number of benzene rings is 3. The van der Waals surface area contributed by atoms with Gasteiger partial charge in [0, 0.05) is 18.2 Å². The van der Waals surface area contributed by atoms with E-state index in [0.29, 0.717) is 30.0 Å². The standard InChI is InChI=1S/C23H22N2O3/c26-22(16-7-11-18-9-3-1-4-10-18)25-23(27)24-19-12-8-15-21(17-19)28-20-13-5-2-6-14-20/h1-6,8-10,12-15,17H,7,11,16H2,(H2,24,25,26,27). The van der Waals surface area contributed by atoms with Crippen molar-refractivity contribution in [3.8, 4) is 11.5 Å². The Labute approximate surface area is 164 Å². The van der Waals surface area contributed by atoms with E-state index in [1.807, 2.05) is 60.7 Å². The van der Waals surface area contributed by atoms with Crippen LogP contribution in [0.4, 0.5) is 10.5 Å². The predicted molar refractivity (Wildman–Crippen MR) is 109 cm³/mol. The molecule has 0 unspecified atom stereocenters. The summed E-state index contributed by atoms with van der Waals surface area (Å²) in [6, 6.07) is 25.8. The molecule has 3 aromatic rings. The minimum Gasteiger partial charge on any atom is -0.457 e. The van der Waals surface area contributed by atoms with Crippen LogP contribution in [0.2, 0.25) is 0 Å². The first-order valence-corrected chi connectivity index (χ1v) is 9.17. The molecule has 0 aliphatic carbocycles. The SMILES string of the molecule is O=C(CCCc1ccccc1)NC(=O)Nc1cccc(Oc2ccccc2)c1. The van der Waals surface area contributed by atoms with Crippen molar-refractivity contribution >= 4 is 17.6 Å². The van der Waals surface area contributed by atoms with Crippen molar-refractivity contribution in [3.05, 3.63) is 90.5 Å². The summed E-state index contributed by atoms with van der Waals surface area (Å²) in [4.78, 5) is 24.0. The number of hydrogen-bond acceptors (Lipinski definition) is 3. The van der Waals surface area contributed by atoms with Crippen LogP contribution in [0.25, 0.3) is 0 Å². The topological polar surface area (TPSA) is 67.4 Å². The number of carbonyl (C=O) groups excluding carboxylic acids is 2. The van der Waals surface area contributed by atoms with E-state index in [0.717, 1.165) is 6.42 Å². The molecular weight excluding hydrogens is 352 g/mol. The molecule has 0 fully saturated rings. The molecule has 2 N–H and O–H groups in total. The van der Waals surface area contributed by atoms with Crippen LogP contribution in [-0.2, 0) is 11.2 Å². The molecule has 142 valence electrons. The average molecular weight is 374 g/mol. The number of anilines is 1. The molecule has 0 aliphatic heterocycles. The summed E-state index contributed by atoms with van der Waals surface area (Å²) in [6.45, 7) is 0. The fraction of sp³-hybridized carbons (Fsp3) is 0.130. The zero-order valence-corrected chi connectivity index (χ0v) is 15.4. The normalized spacial score (nSPS) is 10.1. The molecule has 0 saturated carbocycles. The highest BCUT2D eigenvalue weighted by atomic mass is 16.5. The molecule has 0 aliphatic rings. The van der Waals surface area contributed by atoms with E-state index in [4.69, 9.17) is 4.74 Å². The van der Waals surface area contributed by atoms with Gasteiger partial charge in [-0.3, -0.25) is 10.1 Å². The molecule has 28 heavy (non-hydrogen) atoms. The largest absolute Gasteiger partial charge is 0.457 e.